The smallest absolute Gasteiger partial charge is 0.404 e. The average Bonchev–Trinajstić information content (AvgIpc) is 2.63. The normalized spacial score (nSPS) is 11.2. The lowest BCUT2D eigenvalue weighted by molar-refractivity contribution is -0.274. The molecule has 4 N–H and O–H groups in total. The Kier molecular flexibility index (Phi) is 4.63. The molecular weight excluding hydrogens is 363 g/mol. The fourth-order valence-electron chi connectivity index (χ4n) is 2.42. The van der Waals surface area contributed by atoms with E-state index in [2.05, 4.69) is 19.7 Å². The summed E-state index contributed by atoms with van der Waals surface area (Å²) in [7, 11) is 0. The highest BCUT2D eigenvalue weighted by atomic mass is 19.4. The Bertz CT molecular complexity index is 976. The number of aromatic nitrogens is 3. The van der Waals surface area contributed by atoms with Crippen molar-refractivity contribution in [1.29, 1.82) is 0 Å². The molecular formula is C17H12F3N5O2. The number of halogens is 3. The van der Waals surface area contributed by atoms with Gasteiger partial charge in [0.2, 0.25) is 5.91 Å². The molecule has 0 aliphatic carbocycles. The van der Waals surface area contributed by atoms with Gasteiger partial charge in [0.15, 0.2) is 5.75 Å². The van der Waals surface area contributed by atoms with Crippen molar-refractivity contribution in [2.75, 3.05) is 5.73 Å². The van der Waals surface area contributed by atoms with Crippen LogP contribution in [-0.4, -0.2) is 27.2 Å². The van der Waals surface area contributed by atoms with Crippen molar-refractivity contribution in [2.24, 2.45) is 5.73 Å². The molecule has 27 heavy (non-hydrogen) atoms. The Morgan fingerprint density at radius 1 is 1.04 bits per heavy atom. The molecule has 0 aliphatic rings. The molecule has 0 saturated carbocycles. The SMILES string of the molecule is NC(=O)c1ccc(OC(F)(F)F)c(N)c1-c1cnc(-c2cccnc2)cn1. The fraction of sp³-hybridized carbons (Fsp3) is 0.0588. The van der Waals surface area contributed by atoms with Gasteiger partial charge >= 0.3 is 6.36 Å². The molecule has 1 aromatic carbocycles. The number of anilines is 1. The molecule has 10 heteroatoms. The summed E-state index contributed by atoms with van der Waals surface area (Å²) in [5.74, 6) is -1.55. The summed E-state index contributed by atoms with van der Waals surface area (Å²) in [6.07, 6.45) is 0.878. The number of benzene rings is 1. The summed E-state index contributed by atoms with van der Waals surface area (Å²) in [6.45, 7) is 0. The molecule has 3 aromatic rings. The van der Waals surface area contributed by atoms with Gasteiger partial charge in [-0.15, -0.1) is 13.2 Å². The Labute approximate surface area is 150 Å². The van der Waals surface area contributed by atoms with Crippen LogP contribution in [0.2, 0.25) is 0 Å². The third-order valence-electron chi connectivity index (χ3n) is 3.56. The van der Waals surface area contributed by atoms with E-state index in [4.69, 9.17) is 11.5 Å². The Morgan fingerprint density at radius 2 is 1.74 bits per heavy atom. The quantitative estimate of drug-likeness (QED) is 0.677. The summed E-state index contributed by atoms with van der Waals surface area (Å²) < 4.78 is 41.5. The van der Waals surface area contributed by atoms with Crippen LogP contribution in [0.3, 0.4) is 0 Å². The van der Waals surface area contributed by atoms with Crippen LogP contribution >= 0.6 is 0 Å². The Hall–Kier alpha value is -3.69. The molecule has 0 unspecified atom stereocenters. The third-order valence-corrected chi connectivity index (χ3v) is 3.56. The second-order valence-corrected chi connectivity index (χ2v) is 5.34. The van der Waals surface area contributed by atoms with Crippen molar-refractivity contribution < 1.29 is 22.7 Å². The van der Waals surface area contributed by atoms with Crippen molar-refractivity contribution in [2.45, 2.75) is 6.36 Å². The molecule has 7 nitrogen and oxygen atoms in total. The molecule has 1 amide bonds. The predicted molar refractivity (Wildman–Crippen MR) is 90.3 cm³/mol. The number of carbonyl (C=O) groups excluding carboxylic acids is 1. The monoisotopic (exact) mass is 375 g/mol. The maximum atomic E-state index is 12.6. The number of carbonyl (C=O) groups is 1. The molecule has 138 valence electrons. The molecule has 0 atom stereocenters. The molecule has 2 aromatic heterocycles. The summed E-state index contributed by atoms with van der Waals surface area (Å²) in [5, 5.41) is 0. The third kappa shape index (κ3) is 3.94. The lowest BCUT2D eigenvalue weighted by Crippen LogP contribution is -2.19. The number of amides is 1. The van der Waals surface area contributed by atoms with Crippen LogP contribution in [0.4, 0.5) is 18.9 Å². The number of rotatable bonds is 4. The van der Waals surface area contributed by atoms with Gasteiger partial charge in [0, 0.05) is 23.5 Å². The van der Waals surface area contributed by atoms with Crippen molar-refractivity contribution >= 4 is 11.6 Å². The zero-order valence-corrected chi connectivity index (χ0v) is 13.6. The first kappa shape index (κ1) is 18.1. The van der Waals surface area contributed by atoms with Crippen LogP contribution in [0, 0.1) is 0 Å². The van der Waals surface area contributed by atoms with E-state index in [1.807, 2.05) is 0 Å². The molecule has 0 aliphatic heterocycles. The summed E-state index contributed by atoms with van der Waals surface area (Å²) in [6, 6.07) is 5.49. The topological polar surface area (TPSA) is 117 Å². The van der Waals surface area contributed by atoms with E-state index in [0.717, 1.165) is 12.1 Å². The minimum atomic E-state index is -4.95. The number of nitrogen functional groups attached to an aromatic ring is 1. The zero-order valence-electron chi connectivity index (χ0n) is 13.6. The molecule has 0 spiro atoms. The van der Waals surface area contributed by atoms with Gasteiger partial charge in [0.05, 0.1) is 35.0 Å². The van der Waals surface area contributed by atoms with Crippen LogP contribution in [-0.2, 0) is 0 Å². The molecule has 3 rings (SSSR count). The van der Waals surface area contributed by atoms with Gasteiger partial charge in [-0.3, -0.25) is 19.7 Å². The van der Waals surface area contributed by atoms with E-state index in [9.17, 15) is 18.0 Å². The Morgan fingerprint density at radius 3 is 2.30 bits per heavy atom. The van der Waals surface area contributed by atoms with Gasteiger partial charge in [-0.1, -0.05) is 0 Å². The van der Waals surface area contributed by atoms with Gasteiger partial charge < -0.3 is 16.2 Å². The molecule has 0 fully saturated rings. The number of ether oxygens (including phenoxy) is 1. The number of pyridine rings is 1. The first-order valence-corrected chi connectivity index (χ1v) is 7.47. The van der Waals surface area contributed by atoms with E-state index < -0.39 is 23.7 Å². The molecule has 0 bridgehead atoms. The highest BCUT2D eigenvalue weighted by Gasteiger charge is 2.33. The lowest BCUT2D eigenvalue weighted by Gasteiger charge is -2.16. The molecule has 0 radical (unpaired) electrons. The zero-order chi connectivity index (χ0) is 19.6. The van der Waals surface area contributed by atoms with Crippen molar-refractivity contribution in [3.8, 4) is 28.3 Å². The maximum absolute atomic E-state index is 12.6. The van der Waals surface area contributed by atoms with Crippen LogP contribution in [0.5, 0.6) is 5.75 Å². The number of nitrogens with zero attached hydrogens (tertiary/aromatic N) is 3. The van der Waals surface area contributed by atoms with Crippen LogP contribution < -0.4 is 16.2 Å². The second kappa shape index (κ2) is 6.90. The van der Waals surface area contributed by atoms with E-state index >= 15 is 0 Å². The summed E-state index contributed by atoms with van der Waals surface area (Å²) >= 11 is 0. The first-order chi connectivity index (χ1) is 12.8. The van der Waals surface area contributed by atoms with Gasteiger partial charge in [-0.05, 0) is 24.3 Å². The predicted octanol–water partition coefficient (Wildman–Crippen LogP) is 2.79. The molecule has 0 saturated heterocycles. The van der Waals surface area contributed by atoms with Crippen molar-refractivity contribution in [3.05, 3.63) is 54.6 Å². The highest BCUT2D eigenvalue weighted by Crippen LogP contribution is 2.38. The number of nitrogens with two attached hydrogens (primary N) is 2. The van der Waals surface area contributed by atoms with E-state index in [-0.39, 0.29) is 16.8 Å². The van der Waals surface area contributed by atoms with Gasteiger partial charge in [0.1, 0.15) is 0 Å². The largest absolute Gasteiger partial charge is 0.573 e. The molecule has 2 heterocycles. The van der Waals surface area contributed by atoms with Crippen LogP contribution in [0.15, 0.2) is 49.1 Å². The van der Waals surface area contributed by atoms with Crippen LogP contribution in [0.25, 0.3) is 22.5 Å². The highest BCUT2D eigenvalue weighted by molar-refractivity contribution is 6.03. The van der Waals surface area contributed by atoms with Gasteiger partial charge in [0.25, 0.3) is 0 Å². The maximum Gasteiger partial charge on any atom is 0.573 e. The lowest BCUT2D eigenvalue weighted by atomic mass is 10.0. The van der Waals surface area contributed by atoms with Crippen LogP contribution in [0.1, 0.15) is 10.4 Å². The average molecular weight is 375 g/mol. The minimum Gasteiger partial charge on any atom is -0.404 e. The second-order valence-electron chi connectivity index (χ2n) is 5.34. The standard InChI is InChI=1S/C17H12F3N5O2/c18-17(19,20)27-13-4-3-10(16(22)26)14(15(13)21)12-8-24-11(7-25-12)9-2-1-5-23-6-9/h1-8H,21H2,(H2,22,26). The Balaban J connectivity index is 2.09. The number of hydrogen-bond acceptors (Lipinski definition) is 6. The van der Waals surface area contributed by atoms with Crippen molar-refractivity contribution in [3.63, 3.8) is 0 Å². The summed E-state index contributed by atoms with van der Waals surface area (Å²) in [5.41, 5.74) is 11.7. The minimum absolute atomic E-state index is 0.0709. The number of alkyl halides is 3. The van der Waals surface area contributed by atoms with E-state index in [0.29, 0.717) is 11.3 Å². The first-order valence-electron chi connectivity index (χ1n) is 7.47. The van der Waals surface area contributed by atoms with E-state index in [1.54, 1.807) is 24.5 Å². The van der Waals surface area contributed by atoms with Gasteiger partial charge in [-0.2, -0.15) is 0 Å². The van der Waals surface area contributed by atoms with Crippen molar-refractivity contribution in [1.82, 2.24) is 15.0 Å². The van der Waals surface area contributed by atoms with E-state index in [1.165, 1.54) is 12.4 Å². The fourth-order valence-corrected chi connectivity index (χ4v) is 2.42. The van der Waals surface area contributed by atoms with Gasteiger partial charge in [-0.25, -0.2) is 0 Å². The number of hydrogen-bond donors (Lipinski definition) is 2. The number of primary amides is 1. The summed E-state index contributed by atoms with van der Waals surface area (Å²) in [4.78, 5) is 24.0.